The molecule has 1 atom stereocenters. The average molecular weight is 396 g/mol. The van der Waals surface area contributed by atoms with Crippen molar-refractivity contribution < 1.29 is 4.79 Å². The van der Waals surface area contributed by atoms with E-state index in [4.69, 9.17) is 0 Å². The van der Waals surface area contributed by atoms with E-state index in [2.05, 4.69) is 76.2 Å². The molecular formula is C28H29NO. The molecule has 1 heterocycles. The van der Waals surface area contributed by atoms with E-state index >= 15 is 0 Å². The largest absolute Gasteiger partial charge is 0.303 e. The van der Waals surface area contributed by atoms with E-state index in [1.807, 2.05) is 41.3 Å². The van der Waals surface area contributed by atoms with Crippen molar-refractivity contribution in [2.24, 2.45) is 0 Å². The molecule has 0 saturated heterocycles. The second-order valence-electron chi connectivity index (χ2n) is 9.13. The molecule has 0 spiro atoms. The molecule has 4 rings (SSSR count). The van der Waals surface area contributed by atoms with Crippen LogP contribution in [0.15, 0.2) is 84.9 Å². The van der Waals surface area contributed by atoms with Crippen LogP contribution < -0.4 is 4.90 Å². The molecule has 30 heavy (non-hydrogen) atoms. The maximum Gasteiger partial charge on any atom is 0.251 e. The molecule has 0 fully saturated rings. The highest BCUT2D eigenvalue weighted by Crippen LogP contribution is 2.50. The molecule has 3 aromatic carbocycles. The van der Waals surface area contributed by atoms with Crippen LogP contribution in [0.3, 0.4) is 0 Å². The summed E-state index contributed by atoms with van der Waals surface area (Å²) in [7, 11) is 0. The average Bonchev–Trinajstić information content (AvgIpc) is 2.73. The van der Waals surface area contributed by atoms with Crippen LogP contribution in [0.1, 0.15) is 49.4 Å². The zero-order valence-electron chi connectivity index (χ0n) is 18.2. The van der Waals surface area contributed by atoms with Gasteiger partial charge in [0.05, 0.1) is 0 Å². The highest BCUT2D eigenvalue weighted by molar-refractivity contribution is 6.06. The highest BCUT2D eigenvalue weighted by Gasteiger charge is 2.47. The molecule has 152 valence electrons. The molecule has 0 aliphatic carbocycles. The summed E-state index contributed by atoms with van der Waals surface area (Å²) in [6.07, 6.45) is 4.45. The van der Waals surface area contributed by atoms with Gasteiger partial charge in [0.1, 0.15) is 0 Å². The molecule has 1 amide bonds. The van der Waals surface area contributed by atoms with Crippen molar-refractivity contribution in [3.8, 4) is 0 Å². The van der Waals surface area contributed by atoms with Crippen LogP contribution in [-0.4, -0.2) is 11.4 Å². The number of rotatable bonds is 3. The van der Waals surface area contributed by atoms with Crippen LogP contribution in [0.4, 0.5) is 5.69 Å². The standard InChI is InChI=1S/C28H29NO/c1-21-15-17-25-24(19-21)28(4,23-13-9-6-10-14-23)20-27(2,3)29(25)26(30)18-16-22-11-7-5-8-12-22/h5-19H,20H2,1-4H3/b18-16+/t28-/m1/s1. The fraction of sp³-hybridized carbons (Fsp3) is 0.250. The van der Waals surface area contributed by atoms with Crippen LogP contribution >= 0.6 is 0 Å². The Morgan fingerprint density at radius 2 is 1.53 bits per heavy atom. The zero-order chi connectivity index (χ0) is 21.4. The first-order chi connectivity index (χ1) is 14.3. The van der Waals surface area contributed by atoms with Gasteiger partial charge in [0.2, 0.25) is 0 Å². The number of anilines is 1. The normalized spacial score (nSPS) is 20.2. The predicted octanol–water partition coefficient (Wildman–Crippen LogP) is 6.53. The molecule has 0 bridgehead atoms. The number of benzene rings is 3. The Balaban J connectivity index is 1.81. The van der Waals surface area contributed by atoms with Crippen LogP contribution in [0, 0.1) is 6.92 Å². The maximum atomic E-state index is 13.4. The van der Waals surface area contributed by atoms with Crippen molar-refractivity contribution >= 4 is 17.7 Å². The van der Waals surface area contributed by atoms with Crippen LogP contribution in [0.25, 0.3) is 6.08 Å². The molecule has 2 heteroatoms. The number of aryl methyl sites for hydroxylation is 1. The Labute approximate surface area is 179 Å². The lowest BCUT2D eigenvalue weighted by molar-refractivity contribution is -0.115. The summed E-state index contributed by atoms with van der Waals surface area (Å²) in [6, 6.07) is 27.1. The van der Waals surface area contributed by atoms with Crippen molar-refractivity contribution in [1.29, 1.82) is 0 Å². The molecule has 2 nitrogen and oxygen atoms in total. The van der Waals surface area contributed by atoms with Crippen molar-refractivity contribution in [3.05, 3.63) is 107 Å². The molecule has 1 aliphatic rings. The molecule has 0 saturated carbocycles. The first-order valence-electron chi connectivity index (χ1n) is 10.6. The maximum absolute atomic E-state index is 13.4. The third kappa shape index (κ3) is 3.59. The van der Waals surface area contributed by atoms with Gasteiger partial charge in [0, 0.05) is 22.7 Å². The Kier molecular flexibility index (Phi) is 5.11. The van der Waals surface area contributed by atoms with Crippen molar-refractivity contribution in [2.45, 2.75) is 45.1 Å². The van der Waals surface area contributed by atoms with E-state index in [9.17, 15) is 4.79 Å². The smallest absolute Gasteiger partial charge is 0.251 e. The molecule has 3 aromatic rings. The highest BCUT2D eigenvalue weighted by atomic mass is 16.2. The fourth-order valence-corrected chi connectivity index (χ4v) is 4.94. The summed E-state index contributed by atoms with van der Waals surface area (Å²) in [6.45, 7) is 8.77. The Hall–Kier alpha value is -3.13. The third-order valence-corrected chi connectivity index (χ3v) is 6.23. The van der Waals surface area contributed by atoms with Crippen LogP contribution in [0.2, 0.25) is 0 Å². The number of carbonyl (C=O) groups excluding carboxylic acids is 1. The van der Waals surface area contributed by atoms with Crippen molar-refractivity contribution in [1.82, 2.24) is 0 Å². The lowest BCUT2D eigenvalue weighted by atomic mass is 9.65. The van der Waals surface area contributed by atoms with Crippen molar-refractivity contribution in [2.75, 3.05) is 4.90 Å². The van der Waals surface area contributed by atoms with E-state index in [0.717, 1.165) is 17.7 Å². The fourth-order valence-electron chi connectivity index (χ4n) is 4.94. The monoisotopic (exact) mass is 395 g/mol. The van der Waals surface area contributed by atoms with Gasteiger partial charge in [-0.25, -0.2) is 0 Å². The second-order valence-corrected chi connectivity index (χ2v) is 9.13. The summed E-state index contributed by atoms with van der Waals surface area (Å²) < 4.78 is 0. The topological polar surface area (TPSA) is 20.3 Å². The van der Waals surface area contributed by atoms with Gasteiger partial charge in [-0.05, 0) is 56.0 Å². The lowest BCUT2D eigenvalue weighted by Crippen LogP contribution is -2.55. The summed E-state index contributed by atoms with van der Waals surface area (Å²) in [4.78, 5) is 15.4. The number of hydrogen-bond donors (Lipinski definition) is 0. The zero-order valence-corrected chi connectivity index (χ0v) is 18.2. The van der Waals surface area contributed by atoms with E-state index in [0.29, 0.717) is 0 Å². The Bertz CT molecular complexity index is 1080. The number of carbonyl (C=O) groups is 1. The van der Waals surface area contributed by atoms with Crippen LogP contribution in [-0.2, 0) is 10.2 Å². The quantitative estimate of drug-likeness (QED) is 0.462. The molecule has 0 N–H and O–H groups in total. The SMILES string of the molecule is Cc1ccc2c(c1)[C@@](C)(c1ccccc1)CC(C)(C)N2C(=O)/C=C/c1ccccc1. The molecule has 0 aromatic heterocycles. The third-order valence-electron chi connectivity index (χ3n) is 6.23. The predicted molar refractivity (Wildman–Crippen MR) is 126 cm³/mol. The van der Waals surface area contributed by atoms with Gasteiger partial charge in [0.25, 0.3) is 5.91 Å². The lowest BCUT2D eigenvalue weighted by Gasteiger charge is -2.51. The first-order valence-corrected chi connectivity index (χ1v) is 10.6. The van der Waals surface area contributed by atoms with E-state index in [1.54, 1.807) is 6.08 Å². The Morgan fingerprint density at radius 3 is 2.20 bits per heavy atom. The second kappa shape index (κ2) is 7.60. The minimum atomic E-state index is -0.328. The van der Waals surface area contributed by atoms with E-state index in [-0.39, 0.29) is 16.9 Å². The number of fused-ring (bicyclic) bond motifs is 1. The summed E-state index contributed by atoms with van der Waals surface area (Å²) in [5.41, 5.74) is 5.26. The number of hydrogen-bond acceptors (Lipinski definition) is 1. The first kappa shape index (κ1) is 20.2. The van der Waals surface area contributed by atoms with E-state index in [1.165, 1.54) is 16.7 Å². The minimum absolute atomic E-state index is 0.0177. The molecule has 1 aliphatic heterocycles. The van der Waals surface area contributed by atoms with Gasteiger partial charge in [-0.2, -0.15) is 0 Å². The summed E-state index contributed by atoms with van der Waals surface area (Å²) >= 11 is 0. The van der Waals surface area contributed by atoms with Gasteiger partial charge in [0.15, 0.2) is 0 Å². The van der Waals surface area contributed by atoms with E-state index < -0.39 is 0 Å². The van der Waals surface area contributed by atoms with Gasteiger partial charge >= 0.3 is 0 Å². The van der Waals surface area contributed by atoms with Gasteiger partial charge in [-0.15, -0.1) is 0 Å². The van der Waals surface area contributed by atoms with Crippen molar-refractivity contribution in [3.63, 3.8) is 0 Å². The minimum Gasteiger partial charge on any atom is -0.303 e. The van der Waals surface area contributed by atoms with Gasteiger partial charge in [-0.1, -0.05) is 85.3 Å². The number of amides is 1. The van der Waals surface area contributed by atoms with Gasteiger partial charge < -0.3 is 4.90 Å². The summed E-state index contributed by atoms with van der Waals surface area (Å²) in [5, 5.41) is 0. The molecular weight excluding hydrogens is 366 g/mol. The molecule has 0 unspecified atom stereocenters. The Morgan fingerprint density at radius 1 is 0.900 bits per heavy atom. The molecule has 0 radical (unpaired) electrons. The van der Waals surface area contributed by atoms with Crippen LogP contribution in [0.5, 0.6) is 0 Å². The number of nitrogens with zero attached hydrogens (tertiary/aromatic N) is 1. The van der Waals surface area contributed by atoms with Gasteiger partial charge in [-0.3, -0.25) is 4.79 Å². The summed E-state index contributed by atoms with van der Waals surface area (Å²) in [5.74, 6) is 0.0177.